The molecule has 0 aromatic rings. The monoisotopic (exact) mass is 410 g/mol. The molecule has 27 heavy (non-hydrogen) atoms. The van der Waals surface area contributed by atoms with Crippen LogP contribution >= 0.6 is 0 Å². The Morgan fingerprint density at radius 3 is 2.44 bits per heavy atom. The molecule has 0 radical (unpaired) electrons. The molecule has 1 aliphatic carbocycles. The average molecular weight is 410 g/mol. The summed E-state index contributed by atoms with van der Waals surface area (Å²) in [4.78, 5) is 13.8. The minimum atomic E-state index is -3.29. The highest BCUT2D eigenvalue weighted by Gasteiger charge is 2.72. The summed E-state index contributed by atoms with van der Waals surface area (Å²) in [5.74, 6) is -1.34. The van der Waals surface area contributed by atoms with Crippen molar-refractivity contribution in [3.63, 3.8) is 0 Å². The van der Waals surface area contributed by atoms with Crippen LogP contribution in [0.1, 0.15) is 6.92 Å². The maximum Gasteiger partial charge on any atom is 0.248 e. The van der Waals surface area contributed by atoms with E-state index >= 15 is 0 Å². The fourth-order valence-corrected chi connectivity index (χ4v) is 5.02. The van der Waals surface area contributed by atoms with Crippen LogP contribution in [0.15, 0.2) is 0 Å². The minimum Gasteiger partial charge on any atom is -0.394 e. The van der Waals surface area contributed by atoms with Crippen LogP contribution in [0.25, 0.3) is 0 Å². The summed E-state index contributed by atoms with van der Waals surface area (Å²) in [6.45, 7) is 1.50. The van der Waals surface area contributed by atoms with Crippen molar-refractivity contribution in [3.8, 4) is 0 Å². The molecule has 1 amide bonds. The van der Waals surface area contributed by atoms with Crippen molar-refractivity contribution in [2.75, 3.05) is 45.1 Å². The number of hydrogen-bond donors (Lipinski definition) is 4. The number of rotatable bonds is 6. The van der Waals surface area contributed by atoms with Crippen LogP contribution in [0.4, 0.5) is 0 Å². The van der Waals surface area contributed by atoms with Gasteiger partial charge in [0.05, 0.1) is 24.4 Å². The number of aliphatic hydroxyl groups is 4. The first-order chi connectivity index (χ1) is 12.7. The number of nitrogens with zero attached hydrogens (tertiary/aromatic N) is 2. The first-order valence-corrected chi connectivity index (χ1v) is 10.5. The molecule has 11 nitrogen and oxygen atoms in total. The van der Waals surface area contributed by atoms with E-state index in [4.69, 9.17) is 9.47 Å². The van der Waals surface area contributed by atoms with Gasteiger partial charge in [0.2, 0.25) is 15.9 Å². The summed E-state index contributed by atoms with van der Waals surface area (Å²) in [7, 11) is -3.29. The van der Waals surface area contributed by atoms with E-state index in [0.29, 0.717) is 0 Å². The number of carbonyl (C=O) groups excluding carboxylic acids is 1. The van der Waals surface area contributed by atoms with Crippen LogP contribution in [-0.4, -0.2) is 119 Å². The molecule has 2 saturated heterocycles. The highest BCUT2D eigenvalue weighted by atomic mass is 32.2. The van der Waals surface area contributed by atoms with E-state index in [2.05, 4.69) is 0 Å². The van der Waals surface area contributed by atoms with Gasteiger partial charge >= 0.3 is 0 Å². The lowest BCUT2D eigenvalue weighted by atomic mass is 9.63. The van der Waals surface area contributed by atoms with Crippen molar-refractivity contribution in [2.45, 2.75) is 37.1 Å². The van der Waals surface area contributed by atoms with E-state index in [-0.39, 0.29) is 37.8 Å². The Labute approximate surface area is 157 Å². The molecule has 3 fully saturated rings. The molecule has 3 aliphatic rings. The summed E-state index contributed by atoms with van der Waals surface area (Å²) in [6, 6.07) is 0. The Hall–Kier alpha value is -0.860. The Balaban J connectivity index is 1.52. The van der Waals surface area contributed by atoms with Crippen LogP contribution in [0.5, 0.6) is 0 Å². The highest BCUT2D eigenvalue weighted by molar-refractivity contribution is 7.89. The summed E-state index contributed by atoms with van der Waals surface area (Å²) in [6.07, 6.45) is -5.01. The first kappa shape index (κ1) is 20.9. The fourth-order valence-electron chi connectivity index (χ4n) is 3.94. The lowest BCUT2D eigenvalue weighted by Crippen LogP contribution is -2.73. The van der Waals surface area contributed by atoms with Crippen molar-refractivity contribution < 1.29 is 43.1 Å². The van der Waals surface area contributed by atoms with Gasteiger partial charge in [-0.3, -0.25) is 4.79 Å². The van der Waals surface area contributed by atoms with Gasteiger partial charge in [-0.05, 0) is 6.92 Å². The van der Waals surface area contributed by atoms with Gasteiger partial charge in [-0.15, -0.1) is 0 Å². The molecule has 0 aromatic carbocycles. The Kier molecular flexibility index (Phi) is 5.81. The van der Waals surface area contributed by atoms with E-state index in [1.807, 2.05) is 0 Å². The number of carbonyl (C=O) groups is 1. The molecule has 4 N–H and O–H groups in total. The molecule has 3 rings (SSSR count). The van der Waals surface area contributed by atoms with Crippen LogP contribution in [0, 0.1) is 5.92 Å². The van der Waals surface area contributed by atoms with Gasteiger partial charge in [0.25, 0.3) is 0 Å². The lowest BCUT2D eigenvalue weighted by Gasteiger charge is -2.50. The minimum absolute atomic E-state index is 0.00752. The second-order valence-electron chi connectivity index (χ2n) is 7.02. The van der Waals surface area contributed by atoms with Gasteiger partial charge in [-0.1, -0.05) is 0 Å². The van der Waals surface area contributed by atoms with Gasteiger partial charge in [0.1, 0.15) is 24.4 Å². The molecule has 0 aromatic heterocycles. The van der Waals surface area contributed by atoms with Crippen LogP contribution in [0.3, 0.4) is 0 Å². The Morgan fingerprint density at radius 1 is 1.26 bits per heavy atom. The maximum atomic E-state index is 12.3. The topological polar surface area (TPSA) is 157 Å². The molecule has 6 unspecified atom stereocenters. The number of ether oxygens (including phenoxy) is 2. The third-order valence-corrected chi connectivity index (χ3v) is 7.57. The zero-order valence-electron chi connectivity index (χ0n) is 15.0. The third kappa shape index (κ3) is 3.38. The molecule has 156 valence electrons. The second-order valence-corrected chi connectivity index (χ2v) is 9.27. The third-order valence-electron chi connectivity index (χ3n) is 5.69. The second kappa shape index (κ2) is 7.52. The molecule has 0 spiro atoms. The van der Waals surface area contributed by atoms with Crippen molar-refractivity contribution >= 4 is 15.9 Å². The van der Waals surface area contributed by atoms with E-state index < -0.39 is 59.4 Å². The van der Waals surface area contributed by atoms with Gasteiger partial charge in [0.15, 0.2) is 6.29 Å². The number of amides is 1. The molecule has 0 bridgehead atoms. The zero-order chi connectivity index (χ0) is 20.0. The molecule has 12 heteroatoms. The first-order valence-electron chi connectivity index (χ1n) is 8.88. The summed E-state index contributed by atoms with van der Waals surface area (Å²) >= 11 is 0. The summed E-state index contributed by atoms with van der Waals surface area (Å²) in [5.41, 5.74) is -1.82. The Morgan fingerprint density at radius 2 is 1.89 bits per heavy atom. The number of aliphatic hydroxyl groups excluding tert-OH is 3. The number of hydrogen-bond acceptors (Lipinski definition) is 9. The molecule has 2 heterocycles. The van der Waals surface area contributed by atoms with Crippen molar-refractivity contribution in [1.82, 2.24) is 9.21 Å². The predicted molar refractivity (Wildman–Crippen MR) is 89.8 cm³/mol. The SMILES string of the molecule is CCS(=O)(=O)N1CCN(C(=O)COC2OC(CO)C3(O)C(O)C(O)C23)CC1. The smallest absolute Gasteiger partial charge is 0.248 e. The zero-order valence-corrected chi connectivity index (χ0v) is 15.8. The molecular formula is C15H26N2O9S. The van der Waals surface area contributed by atoms with Crippen molar-refractivity contribution in [1.29, 1.82) is 0 Å². The number of fused-ring (bicyclic) bond motifs is 1. The summed E-state index contributed by atoms with van der Waals surface area (Å²) in [5, 5.41) is 39.4. The van der Waals surface area contributed by atoms with Gasteiger partial charge in [-0.25, -0.2) is 8.42 Å². The van der Waals surface area contributed by atoms with E-state index in [9.17, 15) is 33.6 Å². The molecule has 2 aliphatic heterocycles. The molecule has 1 saturated carbocycles. The lowest BCUT2D eigenvalue weighted by molar-refractivity contribution is -0.269. The number of piperazine rings is 1. The van der Waals surface area contributed by atoms with Crippen molar-refractivity contribution in [3.05, 3.63) is 0 Å². The highest BCUT2D eigenvalue weighted by Crippen LogP contribution is 2.51. The van der Waals surface area contributed by atoms with Crippen LogP contribution < -0.4 is 0 Å². The van der Waals surface area contributed by atoms with Gasteiger partial charge in [0, 0.05) is 26.2 Å². The molecular weight excluding hydrogens is 384 g/mol. The largest absolute Gasteiger partial charge is 0.394 e. The van der Waals surface area contributed by atoms with Crippen LogP contribution in [-0.2, 0) is 24.3 Å². The van der Waals surface area contributed by atoms with Gasteiger partial charge in [-0.2, -0.15) is 4.31 Å². The van der Waals surface area contributed by atoms with Crippen LogP contribution in [0.2, 0.25) is 0 Å². The average Bonchev–Trinajstić information content (AvgIpc) is 2.95. The normalized spacial score (nSPS) is 39.9. The summed E-state index contributed by atoms with van der Waals surface area (Å²) < 4.78 is 35.8. The van der Waals surface area contributed by atoms with E-state index in [1.54, 1.807) is 6.92 Å². The quantitative estimate of drug-likeness (QED) is 0.346. The number of sulfonamides is 1. The fraction of sp³-hybridized carbons (Fsp3) is 0.933. The predicted octanol–water partition coefficient (Wildman–Crippen LogP) is -3.70. The Bertz CT molecular complexity index is 666. The van der Waals surface area contributed by atoms with E-state index in [0.717, 1.165) is 0 Å². The van der Waals surface area contributed by atoms with Gasteiger partial charge < -0.3 is 34.8 Å². The maximum absolute atomic E-state index is 12.3. The van der Waals surface area contributed by atoms with Crippen molar-refractivity contribution in [2.24, 2.45) is 5.92 Å². The molecule has 6 atom stereocenters. The standard InChI is InChI=1S/C15H26N2O9S/c1-2-27(23,24)17-5-3-16(4-6-17)10(19)8-25-14-11-12(20)13(21)15(11,22)9(7-18)26-14/h9,11-14,18,20-22H,2-8H2,1H3. The van der Waals surface area contributed by atoms with E-state index in [1.165, 1.54) is 9.21 Å².